The molecule has 1 N–H and O–H groups in total. The second-order valence-electron chi connectivity index (χ2n) is 6.41. The van der Waals surface area contributed by atoms with Crippen LogP contribution in [0.15, 0.2) is 36.7 Å². The van der Waals surface area contributed by atoms with E-state index in [1.807, 2.05) is 35.4 Å². The number of nitrogens with zero attached hydrogens (tertiary/aromatic N) is 3. The average Bonchev–Trinajstić information content (AvgIpc) is 3.24. The Morgan fingerprint density at radius 1 is 1.26 bits per heavy atom. The van der Waals surface area contributed by atoms with Crippen LogP contribution in [0.3, 0.4) is 0 Å². The summed E-state index contributed by atoms with van der Waals surface area (Å²) in [6, 6.07) is 7.69. The van der Waals surface area contributed by atoms with E-state index in [0.29, 0.717) is 23.9 Å². The van der Waals surface area contributed by atoms with Crippen LogP contribution < -0.4 is 5.32 Å². The van der Waals surface area contributed by atoms with Crippen LogP contribution >= 0.6 is 11.6 Å². The summed E-state index contributed by atoms with van der Waals surface area (Å²) >= 11 is 6.18. The fraction of sp³-hybridized carbons (Fsp3) is 0.412. The number of carbonyl (C=O) groups excluding carboxylic acids is 1. The van der Waals surface area contributed by atoms with Gasteiger partial charge in [0.15, 0.2) is 0 Å². The Labute approximate surface area is 140 Å². The van der Waals surface area contributed by atoms with E-state index in [9.17, 15) is 4.79 Å². The quantitative estimate of drug-likeness (QED) is 0.935. The summed E-state index contributed by atoms with van der Waals surface area (Å²) in [6.07, 6.45) is 3.48. The fourth-order valence-corrected chi connectivity index (χ4v) is 3.76. The molecule has 120 valence electrons. The number of rotatable bonds is 3. The zero-order chi connectivity index (χ0) is 15.8. The summed E-state index contributed by atoms with van der Waals surface area (Å²) in [7, 11) is 0. The molecule has 23 heavy (non-hydrogen) atoms. The Bertz CT molecular complexity index is 717. The predicted octanol–water partition coefficient (Wildman–Crippen LogP) is 1.88. The van der Waals surface area contributed by atoms with E-state index >= 15 is 0 Å². The molecule has 0 saturated carbocycles. The van der Waals surface area contributed by atoms with Crippen LogP contribution in [0.1, 0.15) is 15.9 Å². The molecule has 0 unspecified atom stereocenters. The molecule has 0 radical (unpaired) electrons. The molecular weight excluding hydrogens is 312 g/mol. The summed E-state index contributed by atoms with van der Waals surface area (Å²) in [4.78, 5) is 14.6. The van der Waals surface area contributed by atoms with Gasteiger partial charge >= 0.3 is 0 Å². The van der Waals surface area contributed by atoms with Gasteiger partial charge in [-0.05, 0) is 23.5 Å². The molecule has 1 amide bonds. The second kappa shape index (κ2) is 5.98. The van der Waals surface area contributed by atoms with Crippen molar-refractivity contribution in [3.05, 3.63) is 52.8 Å². The third-order valence-corrected chi connectivity index (χ3v) is 5.22. The molecule has 3 heterocycles. The molecular formula is C17H19ClN4O. The Balaban J connectivity index is 1.45. The molecule has 1 aromatic carbocycles. The largest absolute Gasteiger partial charge is 0.338 e. The maximum absolute atomic E-state index is 12.6. The van der Waals surface area contributed by atoms with Crippen molar-refractivity contribution in [2.45, 2.75) is 6.54 Å². The summed E-state index contributed by atoms with van der Waals surface area (Å²) < 4.78 is 1.77. The third-order valence-electron chi connectivity index (χ3n) is 4.85. The van der Waals surface area contributed by atoms with Crippen LogP contribution in [0.4, 0.5) is 0 Å². The molecule has 1 aromatic heterocycles. The number of hydrogen-bond donors (Lipinski definition) is 1. The van der Waals surface area contributed by atoms with Crippen molar-refractivity contribution in [1.82, 2.24) is 20.0 Å². The topological polar surface area (TPSA) is 50.2 Å². The Hall–Kier alpha value is -1.85. The number of fused-ring (bicyclic) bond motifs is 1. The molecule has 6 heteroatoms. The summed E-state index contributed by atoms with van der Waals surface area (Å²) in [5.74, 6) is 1.30. The average molecular weight is 331 g/mol. The van der Waals surface area contributed by atoms with Crippen molar-refractivity contribution in [1.29, 1.82) is 0 Å². The smallest absolute Gasteiger partial charge is 0.257 e. The van der Waals surface area contributed by atoms with Crippen molar-refractivity contribution in [2.75, 3.05) is 26.2 Å². The monoisotopic (exact) mass is 330 g/mol. The lowest BCUT2D eigenvalue weighted by atomic mass is 10.0. The number of carbonyl (C=O) groups is 1. The van der Waals surface area contributed by atoms with Gasteiger partial charge in [0, 0.05) is 37.4 Å². The van der Waals surface area contributed by atoms with Crippen LogP contribution in [0, 0.1) is 11.8 Å². The highest BCUT2D eigenvalue weighted by molar-refractivity contribution is 6.31. The van der Waals surface area contributed by atoms with Gasteiger partial charge in [0.25, 0.3) is 5.91 Å². The number of hydrogen-bond acceptors (Lipinski definition) is 3. The molecule has 2 aliphatic heterocycles. The Morgan fingerprint density at radius 3 is 2.74 bits per heavy atom. The minimum atomic E-state index is 0.0878. The maximum Gasteiger partial charge on any atom is 0.257 e. The molecule has 2 fully saturated rings. The number of nitrogens with one attached hydrogen (secondary N) is 1. The zero-order valence-electron chi connectivity index (χ0n) is 12.8. The Kier molecular flexibility index (Phi) is 3.83. The first-order valence-electron chi connectivity index (χ1n) is 7.96. The van der Waals surface area contributed by atoms with Crippen LogP contribution in [0.5, 0.6) is 0 Å². The lowest BCUT2D eigenvalue weighted by Gasteiger charge is -2.16. The Morgan fingerprint density at radius 2 is 2.00 bits per heavy atom. The minimum absolute atomic E-state index is 0.0878. The number of amides is 1. The first-order chi connectivity index (χ1) is 11.2. The highest BCUT2D eigenvalue weighted by atomic mass is 35.5. The first-order valence-corrected chi connectivity index (χ1v) is 8.34. The van der Waals surface area contributed by atoms with E-state index in [2.05, 4.69) is 10.4 Å². The van der Waals surface area contributed by atoms with E-state index in [1.54, 1.807) is 10.9 Å². The van der Waals surface area contributed by atoms with Crippen LogP contribution in [0.25, 0.3) is 0 Å². The first kappa shape index (κ1) is 14.7. The number of halogens is 1. The minimum Gasteiger partial charge on any atom is -0.338 e. The summed E-state index contributed by atoms with van der Waals surface area (Å²) in [6.45, 7) is 4.33. The predicted molar refractivity (Wildman–Crippen MR) is 88.5 cm³/mol. The lowest BCUT2D eigenvalue weighted by Crippen LogP contribution is -2.31. The summed E-state index contributed by atoms with van der Waals surface area (Å²) in [5, 5.41) is 8.43. The van der Waals surface area contributed by atoms with E-state index in [-0.39, 0.29) is 5.91 Å². The number of likely N-dealkylation sites (tertiary alicyclic amines) is 1. The maximum atomic E-state index is 12.6. The molecule has 2 aromatic rings. The molecule has 2 aliphatic rings. The normalized spacial score (nSPS) is 23.3. The zero-order valence-corrected chi connectivity index (χ0v) is 13.5. The molecule has 5 nitrogen and oxygen atoms in total. The van der Waals surface area contributed by atoms with Crippen molar-refractivity contribution in [3.8, 4) is 0 Å². The molecule has 2 saturated heterocycles. The fourth-order valence-electron chi connectivity index (χ4n) is 3.57. The van der Waals surface area contributed by atoms with E-state index in [0.717, 1.165) is 36.8 Å². The number of aromatic nitrogens is 2. The van der Waals surface area contributed by atoms with Crippen molar-refractivity contribution >= 4 is 17.5 Å². The van der Waals surface area contributed by atoms with Gasteiger partial charge in [-0.2, -0.15) is 5.10 Å². The van der Waals surface area contributed by atoms with Crippen molar-refractivity contribution in [3.63, 3.8) is 0 Å². The summed E-state index contributed by atoms with van der Waals surface area (Å²) in [5.41, 5.74) is 1.66. The van der Waals surface area contributed by atoms with Gasteiger partial charge in [0.1, 0.15) is 0 Å². The molecule has 4 rings (SSSR count). The molecule has 0 spiro atoms. The van der Waals surface area contributed by atoms with Gasteiger partial charge in [-0.1, -0.05) is 29.8 Å². The molecule has 2 atom stereocenters. The third kappa shape index (κ3) is 2.86. The lowest BCUT2D eigenvalue weighted by molar-refractivity contribution is 0.0781. The van der Waals surface area contributed by atoms with E-state index in [1.165, 1.54) is 0 Å². The van der Waals surface area contributed by atoms with Crippen LogP contribution in [-0.2, 0) is 6.54 Å². The van der Waals surface area contributed by atoms with Gasteiger partial charge in [-0.25, -0.2) is 0 Å². The van der Waals surface area contributed by atoms with Crippen LogP contribution in [0.2, 0.25) is 5.02 Å². The second-order valence-corrected chi connectivity index (χ2v) is 6.81. The van der Waals surface area contributed by atoms with Gasteiger partial charge < -0.3 is 10.2 Å². The van der Waals surface area contributed by atoms with Gasteiger partial charge in [0.2, 0.25) is 0 Å². The molecule has 0 bridgehead atoms. The highest BCUT2D eigenvalue weighted by Crippen LogP contribution is 2.27. The highest BCUT2D eigenvalue weighted by Gasteiger charge is 2.38. The number of benzene rings is 1. The van der Waals surface area contributed by atoms with Gasteiger partial charge in [-0.15, -0.1) is 0 Å². The SMILES string of the molecule is O=C(c1cnn(Cc2ccccc2Cl)c1)N1C[C@H]2CNC[C@H]2C1. The van der Waals surface area contributed by atoms with Gasteiger partial charge in [-0.3, -0.25) is 9.48 Å². The van der Waals surface area contributed by atoms with Crippen molar-refractivity contribution < 1.29 is 4.79 Å². The van der Waals surface area contributed by atoms with Gasteiger partial charge in [0.05, 0.1) is 18.3 Å². The van der Waals surface area contributed by atoms with E-state index < -0.39 is 0 Å². The van der Waals surface area contributed by atoms with Crippen LogP contribution in [-0.4, -0.2) is 46.8 Å². The standard InChI is InChI=1S/C17H19ClN4O/c18-16-4-2-1-3-12(16)10-22-11-15(7-20-22)17(23)21-8-13-5-19-6-14(13)9-21/h1-4,7,11,13-14,19H,5-6,8-10H2/t13-,14+. The molecule has 0 aliphatic carbocycles. The van der Waals surface area contributed by atoms with E-state index in [4.69, 9.17) is 11.6 Å². The van der Waals surface area contributed by atoms with Crippen molar-refractivity contribution in [2.24, 2.45) is 11.8 Å².